The number of phenols is 1. The number of aromatic nitrogens is 1. The first kappa shape index (κ1) is 17.7. The number of aromatic hydroxyl groups is 1. The van der Waals surface area contributed by atoms with E-state index >= 15 is 0 Å². The number of carbonyl (C=O) groups is 1. The molecule has 3 rings (SSSR count). The molecule has 0 saturated carbocycles. The Bertz CT molecular complexity index is 1020. The van der Waals surface area contributed by atoms with Gasteiger partial charge in [-0.1, -0.05) is 32.0 Å². The van der Waals surface area contributed by atoms with Crippen molar-refractivity contribution in [2.24, 2.45) is 0 Å². The molecule has 0 aliphatic carbocycles. The lowest BCUT2D eigenvalue weighted by Gasteiger charge is -2.22. The first-order chi connectivity index (χ1) is 12.3. The van der Waals surface area contributed by atoms with E-state index in [-0.39, 0.29) is 28.7 Å². The summed E-state index contributed by atoms with van der Waals surface area (Å²) in [6.45, 7) is 3.85. The van der Waals surface area contributed by atoms with Gasteiger partial charge in [0.2, 0.25) is 5.43 Å². The Balaban J connectivity index is 1.89. The second-order valence-electron chi connectivity index (χ2n) is 6.80. The van der Waals surface area contributed by atoms with Gasteiger partial charge in [-0.2, -0.15) is 0 Å². The average Bonchev–Trinajstić information content (AvgIpc) is 2.62. The maximum atomic E-state index is 12.5. The molecule has 4 N–H and O–H groups in total. The summed E-state index contributed by atoms with van der Waals surface area (Å²) in [6.07, 6.45) is 1.34. The Morgan fingerprint density at radius 3 is 2.50 bits per heavy atom. The molecule has 0 bridgehead atoms. The van der Waals surface area contributed by atoms with Gasteiger partial charge in [0.25, 0.3) is 5.91 Å². The van der Waals surface area contributed by atoms with E-state index in [1.54, 1.807) is 24.3 Å². The second kappa shape index (κ2) is 6.65. The Labute approximate surface area is 150 Å². The van der Waals surface area contributed by atoms with Crippen LogP contribution in [0, 0.1) is 0 Å². The highest BCUT2D eigenvalue weighted by Gasteiger charge is 2.19. The Morgan fingerprint density at radius 2 is 1.85 bits per heavy atom. The van der Waals surface area contributed by atoms with Crippen molar-refractivity contribution in [2.45, 2.75) is 19.3 Å². The summed E-state index contributed by atoms with van der Waals surface area (Å²) in [5.41, 5.74) is 0.930. The van der Waals surface area contributed by atoms with Gasteiger partial charge in [0.15, 0.2) is 0 Å². The third-order valence-corrected chi connectivity index (χ3v) is 4.45. The van der Waals surface area contributed by atoms with E-state index in [4.69, 9.17) is 0 Å². The molecule has 2 aromatic carbocycles. The van der Waals surface area contributed by atoms with E-state index in [1.807, 2.05) is 26.0 Å². The number of aliphatic hydroxyl groups is 1. The van der Waals surface area contributed by atoms with Crippen LogP contribution in [0.1, 0.15) is 29.8 Å². The number of anilines is 1. The quantitative estimate of drug-likeness (QED) is 0.580. The molecule has 1 heterocycles. The molecule has 0 aliphatic rings. The molecule has 6 nitrogen and oxygen atoms in total. The van der Waals surface area contributed by atoms with Gasteiger partial charge >= 0.3 is 0 Å². The van der Waals surface area contributed by atoms with Crippen LogP contribution in [0.3, 0.4) is 0 Å². The van der Waals surface area contributed by atoms with Gasteiger partial charge in [0, 0.05) is 17.3 Å². The van der Waals surface area contributed by atoms with Crippen LogP contribution in [0.2, 0.25) is 0 Å². The molecule has 0 spiro atoms. The van der Waals surface area contributed by atoms with E-state index in [0.717, 1.165) is 5.56 Å². The molecule has 0 aliphatic heterocycles. The fourth-order valence-corrected chi connectivity index (χ4v) is 2.71. The minimum absolute atomic E-state index is 0.00860. The summed E-state index contributed by atoms with van der Waals surface area (Å²) in [4.78, 5) is 27.9. The average molecular weight is 352 g/mol. The first-order valence-corrected chi connectivity index (χ1v) is 8.19. The summed E-state index contributed by atoms with van der Waals surface area (Å²) in [5, 5.41) is 22.1. The number of rotatable bonds is 4. The van der Waals surface area contributed by atoms with Gasteiger partial charge in [-0.15, -0.1) is 0 Å². The van der Waals surface area contributed by atoms with Gasteiger partial charge in [-0.25, -0.2) is 0 Å². The number of aliphatic hydroxyl groups excluding tert-OH is 1. The molecule has 26 heavy (non-hydrogen) atoms. The molecule has 0 atom stereocenters. The van der Waals surface area contributed by atoms with Crippen molar-refractivity contribution >= 4 is 22.5 Å². The van der Waals surface area contributed by atoms with Crippen LogP contribution in [0.5, 0.6) is 5.75 Å². The third-order valence-electron chi connectivity index (χ3n) is 4.45. The lowest BCUT2D eigenvalue weighted by atomic mass is 9.85. The zero-order chi connectivity index (χ0) is 18.9. The number of carbonyl (C=O) groups excluding carboxylic acids is 1. The lowest BCUT2D eigenvalue weighted by molar-refractivity contribution is 0.102. The van der Waals surface area contributed by atoms with Crippen molar-refractivity contribution in [1.29, 1.82) is 0 Å². The first-order valence-electron chi connectivity index (χ1n) is 8.19. The summed E-state index contributed by atoms with van der Waals surface area (Å²) in [5.74, 6) is -0.737. The Kier molecular flexibility index (Phi) is 4.52. The van der Waals surface area contributed by atoms with Crippen LogP contribution >= 0.6 is 0 Å². The van der Waals surface area contributed by atoms with E-state index in [0.29, 0.717) is 11.2 Å². The Hall–Kier alpha value is -3.12. The van der Waals surface area contributed by atoms with E-state index < -0.39 is 11.3 Å². The van der Waals surface area contributed by atoms with E-state index in [1.165, 1.54) is 12.3 Å². The monoisotopic (exact) mass is 352 g/mol. The van der Waals surface area contributed by atoms with Crippen molar-refractivity contribution < 1.29 is 15.0 Å². The van der Waals surface area contributed by atoms with Crippen LogP contribution in [0.25, 0.3) is 10.9 Å². The molecule has 3 aromatic rings. The van der Waals surface area contributed by atoms with Crippen LogP contribution in [-0.2, 0) is 5.41 Å². The van der Waals surface area contributed by atoms with Gasteiger partial charge in [0.05, 0.1) is 17.5 Å². The number of nitrogens with one attached hydrogen (secondary N) is 2. The molecule has 0 radical (unpaired) electrons. The minimum atomic E-state index is -0.564. The van der Waals surface area contributed by atoms with E-state index in [9.17, 15) is 19.8 Å². The number of hydrogen-bond acceptors (Lipinski definition) is 4. The highest BCUT2D eigenvalue weighted by Crippen LogP contribution is 2.24. The molecular weight excluding hydrogens is 332 g/mol. The highest BCUT2D eigenvalue weighted by atomic mass is 16.3. The summed E-state index contributed by atoms with van der Waals surface area (Å²) in [6, 6.07) is 11.8. The van der Waals surface area contributed by atoms with E-state index in [2.05, 4.69) is 10.3 Å². The minimum Gasteiger partial charge on any atom is -0.507 e. The predicted octanol–water partition coefficient (Wildman–Crippen LogP) is 2.76. The number of phenolic OH excluding ortho intramolecular Hbond substituents is 1. The van der Waals surface area contributed by atoms with Crippen LogP contribution < -0.4 is 10.7 Å². The maximum absolute atomic E-state index is 12.5. The molecule has 1 aromatic heterocycles. The standard InChI is InChI=1S/C20H20N2O4/c1-20(2,11-23)12-6-8-13(9-7-12)22-19(26)14-10-21-15-4-3-5-16(24)17(15)18(14)25/h3-10,23-24H,11H2,1-2H3,(H,21,25)(H,22,26). The fourth-order valence-electron chi connectivity index (χ4n) is 2.71. The molecule has 0 saturated heterocycles. The largest absolute Gasteiger partial charge is 0.507 e. The molecular formula is C20H20N2O4. The molecule has 6 heteroatoms. The van der Waals surface area contributed by atoms with Crippen molar-refractivity contribution in [3.63, 3.8) is 0 Å². The number of amides is 1. The number of fused-ring (bicyclic) bond motifs is 1. The zero-order valence-electron chi connectivity index (χ0n) is 14.5. The third kappa shape index (κ3) is 3.19. The van der Waals surface area contributed by atoms with Crippen molar-refractivity contribution in [3.8, 4) is 5.75 Å². The maximum Gasteiger partial charge on any atom is 0.261 e. The molecule has 0 unspecified atom stereocenters. The highest BCUT2D eigenvalue weighted by molar-refractivity contribution is 6.06. The lowest BCUT2D eigenvalue weighted by Crippen LogP contribution is -2.23. The van der Waals surface area contributed by atoms with Gasteiger partial charge < -0.3 is 20.5 Å². The van der Waals surface area contributed by atoms with Gasteiger partial charge in [0.1, 0.15) is 11.3 Å². The summed E-state index contributed by atoms with van der Waals surface area (Å²) >= 11 is 0. The van der Waals surface area contributed by atoms with Gasteiger partial charge in [-0.3, -0.25) is 9.59 Å². The van der Waals surface area contributed by atoms with Crippen molar-refractivity contribution in [1.82, 2.24) is 4.98 Å². The zero-order valence-corrected chi connectivity index (χ0v) is 14.5. The molecule has 0 fully saturated rings. The molecule has 1 amide bonds. The topological polar surface area (TPSA) is 102 Å². The number of pyridine rings is 1. The fraction of sp³-hybridized carbons (Fsp3) is 0.200. The van der Waals surface area contributed by atoms with Crippen molar-refractivity contribution in [3.05, 3.63) is 70.0 Å². The Morgan fingerprint density at radius 1 is 1.15 bits per heavy atom. The number of hydrogen-bond donors (Lipinski definition) is 4. The second-order valence-corrected chi connectivity index (χ2v) is 6.80. The summed E-state index contributed by atoms with van der Waals surface area (Å²) in [7, 11) is 0. The van der Waals surface area contributed by atoms with Gasteiger partial charge in [-0.05, 0) is 29.8 Å². The van der Waals surface area contributed by atoms with Crippen LogP contribution in [-0.4, -0.2) is 27.7 Å². The van der Waals surface area contributed by atoms with Crippen LogP contribution in [0.4, 0.5) is 5.69 Å². The van der Waals surface area contributed by atoms with Crippen molar-refractivity contribution in [2.75, 3.05) is 11.9 Å². The number of benzene rings is 2. The number of H-pyrrole nitrogens is 1. The number of aromatic amines is 1. The summed E-state index contributed by atoms with van der Waals surface area (Å²) < 4.78 is 0. The predicted molar refractivity (Wildman–Crippen MR) is 101 cm³/mol. The normalized spacial score (nSPS) is 11.5. The SMILES string of the molecule is CC(C)(CO)c1ccc(NC(=O)c2c[nH]c3cccc(O)c3c2=O)cc1. The molecule has 134 valence electrons. The van der Waals surface area contributed by atoms with Crippen LogP contribution in [0.15, 0.2) is 53.5 Å². The smallest absolute Gasteiger partial charge is 0.261 e.